The number of aryl methyl sites for hydroxylation is 1. The molecule has 0 N–H and O–H groups in total. The van der Waals surface area contributed by atoms with Crippen molar-refractivity contribution < 1.29 is 19.0 Å². The first-order chi connectivity index (χ1) is 14.3. The van der Waals surface area contributed by atoms with Gasteiger partial charge in [-0.25, -0.2) is 4.98 Å². The number of fused-ring (bicyclic) bond motifs is 1. The van der Waals surface area contributed by atoms with E-state index in [-0.39, 0.29) is 11.7 Å². The molecule has 3 heterocycles. The van der Waals surface area contributed by atoms with E-state index in [1.54, 1.807) is 16.2 Å². The van der Waals surface area contributed by atoms with Crippen LogP contribution in [0, 0.1) is 0 Å². The number of nitrogens with zero attached hydrogens (tertiary/aromatic N) is 3. The molecule has 1 aromatic carbocycles. The molecule has 0 spiro atoms. The standard InChI is InChI=1S/C21H27N3O4S/c1-2-16-5-3-6-18-19(16)22-21(29-18)24(20(25)17-15-27-13-14-28-17)8-4-7-23-9-11-26-12-10-23/h3,5-6,15H,2,4,7-14H2,1H3. The van der Waals surface area contributed by atoms with E-state index in [1.807, 2.05) is 6.07 Å². The van der Waals surface area contributed by atoms with Gasteiger partial charge in [-0.3, -0.25) is 14.6 Å². The Morgan fingerprint density at radius 3 is 2.86 bits per heavy atom. The van der Waals surface area contributed by atoms with Crippen molar-refractivity contribution in [2.24, 2.45) is 0 Å². The Morgan fingerprint density at radius 2 is 2.10 bits per heavy atom. The Kier molecular flexibility index (Phi) is 6.63. The minimum atomic E-state index is -0.191. The molecular formula is C21H27N3O4S. The van der Waals surface area contributed by atoms with Crippen molar-refractivity contribution in [3.63, 3.8) is 0 Å². The molecule has 0 saturated carbocycles. The number of benzene rings is 1. The molecule has 1 aromatic heterocycles. The van der Waals surface area contributed by atoms with Crippen LogP contribution in [0.4, 0.5) is 5.13 Å². The molecule has 29 heavy (non-hydrogen) atoms. The minimum Gasteiger partial charge on any atom is -0.494 e. The summed E-state index contributed by atoms with van der Waals surface area (Å²) in [7, 11) is 0. The van der Waals surface area contributed by atoms with Gasteiger partial charge in [-0.05, 0) is 24.5 Å². The third-order valence-electron chi connectivity index (χ3n) is 5.17. The van der Waals surface area contributed by atoms with Crippen LogP contribution in [0.5, 0.6) is 0 Å². The predicted molar refractivity (Wildman–Crippen MR) is 113 cm³/mol. The first kappa shape index (κ1) is 20.1. The lowest BCUT2D eigenvalue weighted by molar-refractivity contribution is -0.119. The van der Waals surface area contributed by atoms with Crippen LogP contribution in [0.15, 0.2) is 30.2 Å². The van der Waals surface area contributed by atoms with E-state index in [2.05, 4.69) is 24.0 Å². The second-order valence-electron chi connectivity index (χ2n) is 7.08. The summed E-state index contributed by atoms with van der Waals surface area (Å²) in [5.74, 6) is 0.0568. The summed E-state index contributed by atoms with van der Waals surface area (Å²) in [4.78, 5) is 22.1. The lowest BCUT2D eigenvalue weighted by Crippen LogP contribution is -2.40. The van der Waals surface area contributed by atoms with E-state index in [4.69, 9.17) is 19.2 Å². The summed E-state index contributed by atoms with van der Waals surface area (Å²) in [6, 6.07) is 6.21. The summed E-state index contributed by atoms with van der Waals surface area (Å²) in [5.41, 5.74) is 2.18. The molecule has 0 bridgehead atoms. The smallest absolute Gasteiger partial charge is 0.298 e. The predicted octanol–water partition coefficient (Wildman–Crippen LogP) is 2.80. The zero-order valence-corrected chi connectivity index (χ0v) is 17.6. The molecule has 0 radical (unpaired) electrons. The van der Waals surface area contributed by atoms with Crippen LogP contribution >= 0.6 is 11.3 Å². The number of rotatable bonds is 7. The fourth-order valence-electron chi connectivity index (χ4n) is 3.57. The molecule has 2 aliphatic heterocycles. The molecule has 4 rings (SSSR count). The zero-order chi connectivity index (χ0) is 20.1. The minimum absolute atomic E-state index is 0.191. The summed E-state index contributed by atoms with van der Waals surface area (Å²) in [5, 5.41) is 0.711. The molecule has 8 heteroatoms. The van der Waals surface area contributed by atoms with Gasteiger partial charge in [0.2, 0.25) is 5.76 Å². The lowest BCUT2D eigenvalue weighted by Gasteiger charge is -2.28. The van der Waals surface area contributed by atoms with E-state index < -0.39 is 0 Å². The highest BCUT2D eigenvalue weighted by Gasteiger charge is 2.26. The SMILES string of the molecule is CCc1cccc2sc(N(CCCN3CCOCC3)C(=O)C3=COCCO3)nc12. The zero-order valence-electron chi connectivity index (χ0n) is 16.8. The highest BCUT2D eigenvalue weighted by Crippen LogP contribution is 2.32. The fourth-order valence-corrected chi connectivity index (χ4v) is 4.61. The van der Waals surface area contributed by atoms with Crippen LogP contribution in [0.2, 0.25) is 0 Å². The summed E-state index contributed by atoms with van der Waals surface area (Å²) >= 11 is 1.55. The molecule has 0 unspecified atom stereocenters. The number of morpholine rings is 1. The third-order valence-corrected chi connectivity index (χ3v) is 6.21. The molecule has 0 aliphatic carbocycles. The van der Waals surface area contributed by atoms with Crippen LogP contribution in [0.1, 0.15) is 18.9 Å². The Hall–Kier alpha value is -2.16. The van der Waals surface area contributed by atoms with Gasteiger partial charge in [0.1, 0.15) is 19.5 Å². The molecule has 2 aromatic rings. The van der Waals surface area contributed by atoms with Gasteiger partial charge in [-0.2, -0.15) is 0 Å². The Labute approximate surface area is 174 Å². The molecule has 1 amide bonds. The van der Waals surface area contributed by atoms with Crippen LogP contribution in [-0.4, -0.2) is 68.4 Å². The van der Waals surface area contributed by atoms with E-state index >= 15 is 0 Å². The van der Waals surface area contributed by atoms with Gasteiger partial charge in [-0.15, -0.1) is 0 Å². The van der Waals surface area contributed by atoms with Crippen molar-refractivity contribution in [1.29, 1.82) is 0 Å². The van der Waals surface area contributed by atoms with E-state index in [0.717, 1.165) is 55.9 Å². The number of amides is 1. The number of carbonyl (C=O) groups is 1. The van der Waals surface area contributed by atoms with Gasteiger partial charge >= 0.3 is 0 Å². The molecule has 0 atom stereocenters. The molecule has 1 saturated heterocycles. The van der Waals surface area contributed by atoms with Gasteiger partial charge in [0.05, 0.1) is 23.4 Å². The number of ether oxygens (including phenoxy) is 3. The monoisotopic (exact) mass is 417 g/mol. The second-order valence-corrected chi connectivity index (χ2v) is 8.09. The molecule has 2 aliphatic rings. The quantitative estimate of drug-likeness (QED) is 0.690. The largest absolute Gasteiger partial charge is 0.494 e. The van der Waals surface area contributed by atoms with E-state index in [9.17, 15) is 4.79 Å². The van der Waals surface area contributed by atoms with Gasteiger partial charge in [0.15, 0.2) is 5.13 Å². The maximum absolute atomic E-state index is 13.2. The van der Waals surface area contributed by atoms with Gasteiger partial charge in [-0.1, -0.05) is 30.4 Å². The highest BCUT2D eigenvalue weighted by atomic mass is 32.1. The van der Waals surface area contributed by atoms with E-state index in [1.165, 1.54) is 11.8 Å². The normalized spacial score (nSPS) is 17.5. The van der Waals surface area contributed by atoms with Crippen molar-refractivity contribution in [2.75, 3.05) is 57.5 Å². The number of aromatic nitrogens is 1. The average Bonchev–Trinajstić information content (AvgIpc) is 3.21. The topological polar surface area (TPSA) is 64.1 Å². The fraction of sp³-hybridized carbons (Fsp3) is 0.524. The van der Waals surface area contributed by atoms with Crippen molar-refractivity contribution in [2.45, 2.75) is 19.8 Å². The Bertz CT molecular complexity index is 876. The summed E-state index contributed by atoms with van der Waals surface area (Å²) in [6.45, 7) is 7.92. The Morgan fingerprint density at radius 1 is 1.24 bits per heavy atom. The van der Waals surface area contributed by atoms with Crippen LogP contribution in [0.25, 0.3) is 10.2 Å². The summed E-state index contributed by atoms with van der Waals surface area (Å²) < 4.78 is 17.4. The van der Waals surface area contributed by atoms with Crippen molar-refractivity contribution >= 4 is 32.6 Å². The number of para-hydroxylation sites is 1. The number of carbonyl (C=O) groups excluding carboxylic acids is 1. The number of hydrogen-bond donors (Lipinski definition) is 0. The van der Waals surface area contributed by atoms with Crippen molar-refractivity contribution in [1.82, 2.24) is 9.88 Å². The van der Waals surface area contributed by atoms with Gasteiger partial charge in [0.25, 0.3) is 5.91 Å². The van der Waals surface area contributed by atoms with Crippen molar-refractivity contribution in [3.05, 3.63) is 35.8 Å². The van der Waals surface area contributed by atoms with Gasteiger partial charge in [0, 0.05) is 26.2 Å². The Balaban J connectivity index is 1.55. The first-order valence-corrected chi connectivity index (χ1v) is 11.0. The summed E-state index contributed by atoms with van der Waals surface area (Å²) in [6.07, 6.45) is 3.19. The first-order valence-electron chi connectivity index (χ1n) is 10.2. The molecule has 7 nitrogen and oxygen atoms in total. The maximum atomic E-state index is 13.2. The number of hydrogen-bond acceptors (Lipinski definition) is 7. The number of anilines is 1. The highest BCUT2D eigenvalue weighted by molar-refractivity contribution is 7.22. The lowest BCUT2D eigenvalue weighted by atomic mass is 10.1. The van der Waals surface area contributed by atoms with Crippen LogP contribution < -0.4 is 4.90 Å². The van der Waals surface area contributed by atoms with Crippen molar-refractivity contribution in [3.8, 4) is 0 Å². The average molecular weight is 418 g/mol. The maximum Gasteiger partial charge on any atom is 0.298 e. The van der Waals surface area contributed by atoms with Gasteiger partial charge < -0.3 is 14.2 Å². The van der Waals surface area contributed by atoms with E-state index in [0.29, 0.717) is 24.9 Å². The molecule has 156 valence electrons. The van der Waals surface area contributed by atoms with Crippen LogP contribution in [0.3, 0.4) is 0 Å². The molecule has 1 fully saturated rings. The number of thiazole rings is 1. The molecular weight excluding hydrogens is 390 g/mol. The third kappa shape index (κ3) is 4.71. The van der Waals surface area contributed by atoms with Crippen LogP contribution in [-0.2, 0) is 25.4 Å². The second kappa shape index (κ2) is 9.56.